The second-order valence-corrected chi connectivity index (χ2v) is 5.70. The Balaban J connectivity index is 0.00000133. The Bertz CT molecular complexity index is 368. The standard InChI is InChI=1S/C15H23N3.ClH/c1-3-7-15(8-4-1)13-16-10-11-18(15)12-14-6-2-5-9-17-14;/h2,5-6,9,16H,1,3-4,7-8,10-13H2;1H. The van der Waals surface area contributed by atoms with Crippen molar-refractivity contribution in [2.45, 2.75) is 44.2 Å². The highest BCUT2D eigenvalue weighted by Gasteiger charge is 2.39. The van der Waals surface area contributed by atoms with Gasteiger partial charge in [0, 0.05) is 37.9 Å². The fraction of sp³-hybridized carbons (Fsp3) is 0.667. The molecule has 106 valence electrons. The van der Waals surface area contributed by atoms with E-state index < -0.39 is 0 Å². The van der Waals surface area contributed by atoms with Crippen molar-refractivity contribution < 1.29 is 0 Å². The highest BCUT2D eigenvalue weighted by molar-refractivity contribution is 5.85. The van der Waals surface area contributed by atoms with Crippen LogP contribution in [-0.4, -0.2) is 35.1 Å². The highest BCUT2D eigenvalue weighted by atomic mass is 35.5. The zero-order valence-electron chi connectivity index (χ0n) is 11.5. The molecule has 0 atom stereocenters. The molecule has 2 aliphatic rings. The maximum Gasteiger partial charge on any atom is 0.0544 e. The predicted molar refractivity (Wildman–Crippen MR) is 80.6 cm³/mol. The van der Waals surface area contributed by atoms with E-state index in [1.165, 1.54) is 44.3 Å². The number of rotatable bonds is 2. The third-order valence-corrected chi connectivity index (χ3v) is 4.55. The number of pyridine rings is 1. The molecule has 4 heteroatoms. The first-order valence-electron chi connectivity index (χ1n) is 7.25. The second kappa shape index (κ2) is 6.69. The Morgan fingerprint density at radius 1 is 1.21 bits per heavy atom. The Labute approximate surface area is 122 Å². The van der Waals surface area contributed by atoms with E-state index in [-0.39, 0.29) is 12.4 Å². The molecule has 1 spiro atoms. The van der Waals surface area contributed by atoms with Crippen molar-refractivity contribution in [2.75, 3.05) is 19.6 Å². The van der Waals surface area contributed by atoms with Crippen molar-refractivity contribution in [3.8, 4) is 0 Å². The van der Waals surface area contributed by atoms with Crippen LogP contribution in [-0.2, 0) is 6.54 Å². The van der Waals surface area contributed by atoms with Crippen LogP contribution >= 0.6 is 12.4 Å². The summed E-state index contributed by atoms with van der Waals surface area (Å²) in [5, 5.41) is 3.60. The molecule has 1 aliphatic carbocycles. The van der Waals surface area contributed by atoms with Crippen LogP contribution in [0.4, 0.5) is 0 Å². The monoisotopic (exact) mass is 281 g/mol. The fourth-order valence-electron chi connectivity index (χ4n) is 3.52. The van der Waals surface area contributed by atoms with Crippen molar-refractivity contribution in [1.29, 1.82) is 0 Å². The Kier molecular flexibility index (Phi) is 5.20. The average molecular weight is 282 g/mol. The van der Waals surface area contributed by atoms with Gasteiger partial charge in [-0.3, -0.25) is 9.88 Å². The Morgan fingerprint density at radius 2 is 2.05 bits per heavy atom. The van der Waals surface area contributed by atoms with Crippen molar-refractivity contribution in [3.63, 3.8) is 0 Å². The number of nitrogens with one attached hydrogen (secondary N) is 1. The zero-order valence-corrected chi connectivity index (χ0v) is 12.3. The molecule has 1 aliphatic heterocycles. The second-order valence-electron chi connectivity index (χ2n) is 5.70. The molecule has 1 N–H and O–H groups in total. The lowest BCUT2D eigenvalue weighted by atomic mass is 9.79. The maximum atomic E-state index is 4.49. The molecular weight excluding hydrogens is 258 g/mol. The lowest BCUT2D eigenvalue weighted by Gasteiger charge is -2.49. The van der Waals surface area contributed by atoms with E-state index in [2.05, 4.69) is 27.3 Å². The fourth-order valence-corrected chi connectivity index (χ4v) is 3.52. The van der Waals surface area contributed by atoms with Gasteiger partial charge in [-0.2, -0.15) is 0 Å². The summed E-state index contributed by atoms with van der Waals surface area (Å²) in [6.45, 7) is 4.47. The van der Waals surface area contributed by atoms with Crippen LogP contribution in [0.15, 0.2) is 24.4 Å². The topological polar surface area (TPSA) is 28.2 Å². The van der Waals surface area contributed by atoms with Gasteiger partial charge in [0.25, 0.3) is 0 Å². The predicted octanol–water partition coefficient (Wildman–Crippen LogP) is 2.61. The van der Waals surface area contributed by atoms with Crippen LogP contribution in [0.2, 0.25) is 0 Å². The van der Waals surface area contributed by atoms with Gasteiger partial charge < -0.3 is 5.32 Å². The van der Waals surface area contributed by atoms with Gasteiger partial charge in [0.15, 0.2) is 0 Å². The summed E-state index contributed by atoms with van der Waals surface area (Å²) >= 11 is 0. The van der Waals surface area contributed by atoms with Crippen LogP contribution in [0.25, 0.3) is 0 Å². The molecule has 2 fully saturated rings. The van der Waals surface area contributed by atoms with E-state index >= 15 is 0 Å². The zero-order chi connectivity index (χ0) is 12.3. The van der Waals surface area contributed by atoms with Crippen molar-refractivity contribution >= 4 is 12.4 Å². The third kappa shape index (κ3) is 3.28. The van der Waals surface area contributed by atoms with E-state index in [4.69, 9.17) is 0 Å². The molecule has 0 radical (unpaired) electrons. The third-order valence-electron chi connectivity index (χ3n) is 4.55. The first-order valence-corrected chi connectivity index (χ1v) is 7.25. The minimum absolute atomic E-state index is 0. The molecule has 2 heterocycles. The summed E-state index contributed by atoms with van der Waals surface area (Å²) in [6.07, 6.45) is 8.81. The first kappa shape index (κ1) is 14.8. The molecule has 0 unspecified atom stereocenters. The molecule has 0 amide bonds. The summed E-state index contributed by atoms with van der Waals surface area (Å²) in [5.74, 6) is 0. The summed E-state index contributed by atoms with van der Waals surface area (Å²) in [5.41, 5.74) is 1.62. The minimum atomic E-state index is 0. The summed E-state index contributed by atoms with van der Waals surface area (Å²) < 4.78 is 0. The van der Waals surface area contributed by atoms with E-state index in [1.807, 2.05) is 12.3 Å². The lowest BCUT2D eigenvalue weighted by Crippen LogP contribution is -2.61. The first-order chi connectivity index (χ1) is 8.89. The number of halogens is 1. The molecule has 19 heavy (non-hydrogen) atoms. The van der Waals surface area contributed by atoms with Gasteiger partial charge in [-0.05, 0) is 25.0 Å². The van der Waals surface area contributed by atoms with Crippen LogP contribution < -0.4 is 5.32 Å². The molecule has 1 aromatic rings. The number of hydrogen-bond acceptors (Lipinski definition) is 3. The largest absolute Gasteiger partial charge is 0.314 e. The van der Waals surface area contributed by atoms with E-state index in [0.29, 0.717) is 5.54 Å². The van der Waals surface area contributed by atoms with Crippen LogP contribution in [0.3, 0.4) is 0 Å². The Morgan fingerprint density at radius 3 is 2.79 bits per heavy atom. The van der Waals surface area contributed by atoms with Gasteiger partial charge in [0.05, 0.1) is 5.69 Å². The van der Waals surface area contributed by atoms with Gasteiger partial charge in [0.2, 0.25) is 0 Å². The molecule has 3 nitrogen and oxygen atoms in total. The summed E-state index contributed by atoms with van der Waals surface area (Å²) in [7, 11) is 0. The average Bonchev–Trinajstić information content (AvgIpc) is 2.44. The quantitative estimate of drug-likeness (QED) is 0.903. The van der Waals surface area contributed by atoms with Gasteiger partial charge in [0.1, 0.15) is 0 Å². The molecule has 1 saturated heterocycles. The Hall–Kier alpha value is -0.640. The summed E-state index contributed by atoms with van der Waals surface area (Å²) in [6, 6.07) is 6.24. The highest BCUT2D eigenvalue weighted by Crippen LogP contribution is 2.35. The van der Waals surface area contributed by atoms with Crippen molar-refractivity contribution in [1.82, 2.24) is 15.2 Å². The minimum Gasteiger partial charge on any atom is -0.314 e. The number of aromatic nitrogens is 1. The summed E-state index contributed by atoms with van der Waals surface area (Å²) in [4.78, 5) is 7.17. The van der Waals surface area contributed by atoms with Gasteiger partial charge in [-0.15, -0.1) is 12.4 Å². The van der Waals surface area contributed by atoms with Gasteiger partial charge >= 0.3 is 0 Å². The molecule has 1 saturated carbocycles. The molecule has 1 aromatic heterocycles. The van der Waals surface area contributed by atoms with E-state index in [1.54, 1.807) is 0 Å². The van der Waals surface area contributed by atoms with Crippen molar-refractivity contribution in [3.05, 3.63) is 30.1 Å². The van der Waals surface area contributed by atoms with Gasteiger partial charge in [-0.25, -0.2) is 0 Å². The molecule has 3 rings (SSSR count). The number of piperazine rings is 1. The van der Waals surface area contributed by atoms with Crippen LogP contribution in [0.5, 0.6) is 0 Å². The maximum absolute atomic E-state index is 4.49. The SMILES string of the molecule is Cl.c1ccc(CN2CCNCC23CCCCC3)nc1. The van der Waals surface area contributed by atoms with Crippen LogP contribution in [0.1, 0.15) is 37.8 Å². The normalized spacial score (nSPS) is 22.9. The van der Waals surface area contributed by atoms with Gasteiger partial charge in [-0.1, -0.05) is 25.3 Å². The van der Waals surface area contributed by atoms with Crippen LogP contribution in [0, 0.1) is 0 Å². The molecular formula is C15H24ClN3. The molecule has 0 bridgehead atoms. The molecule has 0 aromatic carbocycles. The lowest BCUT2D eigenvalue weighted by molar-refractivity contribution is 0.0199. The smallest absolute Gasteiger partial charge is 0.0544 e. The van der Waals surface area contributed by atoms with Crippen molar-refractivity contribution in [2.24, 2.45) is 0 Å². The number of nitrogens with zero attached hydrogens (tertiary/aromatic N) is 2. The van der Waals surface area contributed by atoms with E-state index in [9.17, 15) is 0 Å². The van der Waals surface area contributed by atoms with E-state index in [0.717, 1.165) is 19.6 Å². The number of hydrogen-bond donors (Lipinski definition) is 1.